The van der Waals surface area contributed by atoms with Crippen LogP contribution in [0.15, 0.2) is 0 Å². The average Bonchev–Trinajstić information content (AvgIpc) is 2.14. The van der Waals surface area contributed by atoms with Gasteiger partial charge in [0.25, 0.3) is 0 Å². The van der Waals surface area contributed by atoms with Gasteiger partial charge in [-0.1, -0.05) is 27.7 Å². The molecule has 6 heteroatoms. The Morgan fingerprint density at radius 2 is 1.88 bits per heavy atom. The third-order valence-corrected chi connectivity index (χ3v) is 3.86. The summed E-state index contributed by atoms with van der Waals surface area (Å²) in [5.74, 6) is -1.59. The van der Waals surface area contributed by atoms with Gasteiger partial charge in [0.1, 0.15) is 0 Å². The van der Waals surface area contributed by atoms with Crippen molar-refractivity contribution in [2.75, 3.05) is 12.3 Å². The Labute approximate surface area is 104 Å². The maximum Gasteiger partial charge on any atom is 0.307 e. The summed E-state index contributed by atoms with van der Waals surface area (Å²) < 4.78 is 25.6. The fourth-order valence-electron chi connectivity index (χ4n) is 1.15. The predicted octanol–water partition coefficient (Wildman–Crippen LogP) is 1.45. The van der Waals surface area contributed by atoms with E-state index in [0.717, 1.165) is 0 Å². The van der Waals surface area contributed by atoms with Crippen LogP contribution in [-0.4, -0.2) is 31.8 Å². The Balaban J connectivity index is 4.23. The number of carbonyl (C=O) groups is 1. The molecule has 0 aromatic rings. The molecule has 17 heavy (non-hydrogen) atoms. The second-order valence-corrected chi connectivity index (χ2v) is 7.35. The smallest absolute Gasteiger partial charge is 0.307 e. The zero-order valence-electron chi connectivity index (χ0n) is 11.0. The van der Waals surface area contributed by atoms with Crippen molar-refractivity contribution in [3.63, 3.8) is 0 Å². The number of carboxylic acids is 1. The number of sulfonamides is 1. The van der Waals surface area contributed by atoms with Crippen LogP contribution in [0.2, 0.25) is 0 Å². The van der Waals surface area contributed by atoms with Crippen molar-refractivity contribution in [2.45, 2.75) is 40.5 Å². The third-order valence-electron chi connectivity index (χ3n) is 2.51. The van der Waals surface area contributed by atoms with Gasteiger partial charge in [-0.25, -0.2) is 13.1 Å². The molecule has 102 valence electrons. The van der Waals surface area contributed by atoms with Crippen LogP contribution in [-0.2, 0) is 14.8 Å². The van der Waals surface area contributed by atoms with Crippen molar-refractivity contribution in [3.8, 4) is 0 Å². The van der Waals surface area contributed by atoms with E-state index in [1.807, 2.05) is 20.8 Å². The lowest BCUT2D eigenvalue weighted by Gasteiger charge is -2.18. The zero-order valence-corrected chi connectivity index (χ0v) is 11.8. The van der Waals surface area contributed by atoms with E-state index in [-0.39, 0.29) is 17.7 Å². The first-order chi connectivity index (χ1) is 7.57. The Hall–Kier alpha value is -0.620. The molecule has 0 aliphatic rings. The first-order valence-electron chi connectivity index (χ1n) is 5.77. The van der Waals surface area contributed by atoms with Gasteiger partial charge in [0, 0.05) is 6.54 Å². The molecule has 0 aromatic carbocycles. The molecule has 0 aromatic heterocycles. The van der Waals surface area contributed by atoms with E-state index in [1.165, 1.54) is 0 Å². The summed E-state index contributed by atoms with van der Waals surface area (Å²) in [5.41, 5.74) is -0.0499. The Bertz CT molecular complexity index is 343. The minimum absolute atomic E-state index is 0.0295. The van der Waals surface area contributed by atoms with Crippen LogP contribution in [0.25, 0.3) is 0 Å². The molecular weight excluding hydrogens is 242 g/mol. The minimum atomic E-state index is -3.37. The fourth-order valence-corrected chi connectivity index (χ4v) is 2.63. The molecule has 0 saturated heterocycles. The van der Waals surface area contributed by atoms with Crippen LogP contribution in [0.4, 0.5) is 0 Å². The lowest BCUT2D eigenvalue weighted by Crippen LogP contribution is -2.34. The molecular formula is C11H23NO4S. The van der Waals surface area contributed by atoms with Gasteiger partial charge in [-0.2, -0.15) is 0 Å². The third kappa shape index (κ3) is 8.15. The fraction of sp³-hybridized carbons (Fsp3) is 0.909. The van der Waals surface area contributed by atoms with Gasteiger partial charge in [-0.3, -0.25) is 4.79 Å². The molecule has 0 heterocycles. The lowest BCUT2D eigenvalue weighted by atomic mass is 9.94. The normalized spacial score (nSPS) is 14.6. The van der Waals surface area contributed by atoms with Gasteiger partial charge < -0.3 is 5.11 Å². The first kappa shape index (κ1) is 16.4. The van der Waals surface area contributed by atoms with Gasteiger partial charge in [0.15, 0.2) is 0 Å². The summed E-state index contributed by atoms with van der Waals surface area (Å²) in [4.78, 5) is 10.7. The molecule has 2 N–H and O–H groups in total. The van der Waals surface area contributed by atoms with Gasteiger partial charge >= 0.3 is 5.97 Å². The van der Waals surface area contributed by atoms with Crippen LogP contribution < -0.4 is 4.72 Å². The van der Waals surface area contributed by atoms with E-state index in [1.54, 1.807) is 6.92 Å². The van der Waals surface area contributed by atoms with E-state index in [0.29, 0.717) is 12.8 Å². The minimum Gasteiger partial charge on any atom is -0.481 e. The van der Waals surface area contributed by atoms with E-state index in [9.17, 15) is 13.2 Å². The predicted molar refractivity (Wildman–Crippen MR) is 67.3 cm³/mol. The van der Waals surface area contributed by atoms with Gasteiger partial charge in [0.2, 0.25) is 10.0 Å². The summed E-state index contributed by atoms with van der Waals surface area (Å²) in [6.07, 6.45) is 0.962. The van der Waals surface area contributed by atoms with Gasteiger partial charge in [-0.05, 0) is 18.3 Å². The van der Waals surface area contributed by atoms with Crippen molar-refractivity contribution < 1.29 is 18.3 Å². The molecule has 0 bridgehead atoms. The summed E-state index contributed by atoms with van der Waals surface area (Å²) in [5, 5.41) is 8.79. The summed E-state index contributed by atoms with van der Waals surface area (Å²) >= 11 is 0. The topological polar surface area (TPSA) is 83.5 Å². The first-order valence-corrected chi connectivity index (χ1v) is 7.43. The number of aliphatic carboxylic acids is 1. The molecule has 5 nitrogen and oxygen atoms in total. The monoisotopic (exact) mass is 265 g/mol. The van der Waals surface area contributed by atoms with Crippen molar-refractivity contribution in [1.29, 1.82) is 0 Å². The summed E-state index contributed by atoms with van der Waals surface area (Å²) in [6, 6.07) is 0. The molecule has 0 amide bonds. The van der Waals surface area contributed by atoms with E-state index >= 15 is 0 Å². The number of hydrogen-bond donors (Lipinski definition) is 2. The van der Waals surface area contributed by atoms with Gasteiger partial charge in [-0.15, -0.1) is 0 Å². The molecule has 1 unspecified atom stereocenters. The highest BCUT2D eigenvalue weighted by molar-refractivity contribution is 7.89. The second-order valence-electron chi connectivity index (χ2n) is 5.42. The Morgan fingerprint density at radius 3 is 2.24 bits per heavy atom. The quantitative estimate of drug-likeness (QED) is 0.730. The Kier molecular flexibility index (Phi) is 6.12. The van der Waals surface area contributed by atoms with Crippen LogP contribution in [0, 0.1) is 11.3 Å². The number of hydrogen-bond acceptors (Lipinski definition) is 3. The maximum atomic E-state index is 11.6. The van der Waals surface area contributed by atoms with Gasteiger partial charge in [0.05, 0.1) is 11.7 Å². The maximum absolute atomic E-state index is 11.6. The van der Waals surface area contributed by atoms with Crippen molar-refractivity contribution in [2.24, 2.45) is 11.3 Å². The standard InChI is InChI=1S/C11H23NO4S/c1-5-9(10(13)14)8-12-17(15,16)7-6-11(2,3)4/h9,12H,5-8H2,1-4H3,(H,13,14). The van der Waals surface area contributed by atoms with Crippen LogP contribution in [0.3, 0.4) is 0 Å². The second kappa shape index (κ2) is 6.35. The van der Waals surface area contributed by atoms with E-state index in [2.05, 4.69) is 4.72 Å². The van der Waals surface area contributed by atoms with Crippen molar-refractivity contribution in [3.05, 3.63) is 0 Å². The van der Waals surface area contributed by atoms with Crippen molar-refractivity contribution in [1.82, 2.24) is 4.72 Å². The van der Waals surface area contributed by atoms with E-state index in [4.69, 9.17) is 5.11 Å². The highest BCUT2D eigenvalue weighted by Crippen LogP contribution is 2.18. The van der Waals surface area contributed by atoms with E-state index < -0.39 is 21.9 Å². The molecule has 0 rings (SSSR count). The average molecular weight is 265 g/mol. The van der Waals surface area contributed by atoms with Crippen LogP contribution in [0.1, 0.15) is 40.5 Å². The summed E-state index contributed by atoms with van der Waals surface area (Å²) in [7, 11) is -3.37. The Morgan fingerprint density at radius 1 is 1.35 bits per heavy atom. The highest BCUT2D eigenvalue weighted by Gasteiger charge is 2.20. The largest absolute Gasteiger partial charge is 0.481 e. The molecule has 0 saturated carbocycles. The van der Waals surface area contributed by atoms with Crippen LogP contribution in [0.5, 0.6) is 0 Å². The number of carboxylic acid groups (broad SMARTS) is 1. The summed E-state index contributed by atoms with van der Waals surface area (Å²) in [6.45, 7) is 7.60. The molecule has 0 fully saturated rings. The van der Waals surface area contributed by atoms with Crippen molar-refractivity contribution >= 4 is 16.0 Å². The number of nitrogens with one attached hydrogen (secondary N) is 1. The molecule has 1 atom stereocenters. The molecule has 0 spiro atoms. The SMILES string of the molecule is CCC(CNS(=O)(=O)CCC(C)(C)C)C(=O)O. The molecule has 0 aliphatic heterocycles. The molecule has 0 aliphatic carbocycles. The number of rotatable bonds is 7. The highest BCUT2D eigenvalue weighted by atomic mass is 32.2. The van der Waals surface area contributed by atoms with Crippen LogP contribution >= 0.6 is 0 Å². The molecule has 0 radical (unpaired) electrons. The lowest BCUT2D eigenvalue weighted by molar-refractivity contribution is -0.141. The zero-order chi connectivity index (χ0) is 13.7.